The van der Waals surface area contributed by atoms with E-state index in [0.29, 0.717) is 0 Å². The predicted molar refractivity (Wildman–Crippen MR) is 114 cm³/mol. The zero-order valence-electron chi connectivity index (χ0n) is 14.8. The number of halogens is 4. The van der Waals surface area contributed by atoms with Crippen LogP contribution in [-0.4, -0.2) is 31.1 Å². The molecule has 24 heavy (non-hydrogen) atoms. The minimum absolute atomic E-state index is 0. The Morgan fingerprint density at radius 2 is 1.38 bits per heavy atom. The Kier molecular flexibility index (Phi) is 18.5. The van der Waals surface area contributed by atoms with Crippen molar-refractivity contribution < 1.29 is 0 Å². The van der Waals surface area contributed by atoms with Crippen LogP contribution in [0, 0.1) is 0 Å². The minimum Gasteiger partial charge on any atom is -0.313 e. The van der Waals surface area contributed by atoms with E-state index in [1.807, 2.05) is 18.2 Å². The van der Waals surface area contributed by atoms with Gasteiger partial charge in [0.25, 0.3) is 0 Å². The van der Waals surface area contributed by atoms with Gasteiger partial charge >= 0.3 is 0 Å². The summed E-state index contributed by atoms with van der Waals surface area (Å²) in [4.78, 5) is 2.59. The average Bonchev–Trinajstić information content (AvgIpc) is 2.51. The lowest BCUT2D eigenvalue weighted by Gasteiger charge is -2.22. The highest BCUT2D eigenvalue weighted by atomic mass is 35.5. The summed E-state index contributed by atoms with van der Waals surface area (Å²) in [6.45, 7) is 9.88. The Bertz CT molecular complexity index is 388. The summed E-state index contributed by atoms with van der Waals surface area (Å²) in [6, 6.07) is 5.66. The van der Waals surface area contributed by atoms with Gasteiger partial charge in [0, 0.05) is 22.2 Å². The van der Waals surface area contributed by atoms with Crippen molar-refractivity contribution in [2.45, 2.75) is 52.5 Å². The summed E-state index contributed by atoms with van der Waals surface area (Å²) >= 11 is 12.3. The maximum absolute atomic E-state index is 6.17. The monoisotopic (exact) mass is 416 g/mol. The van der Waals surface area contributed by atoms with Gasteiger partial charge in [-0.2, -0.15) is 0 Å². The number of nitrogens with one attached hydrogen (secondary N) is 1. The zero-order chi connectivity index (χ0) is 16.2. The number of rotatable bonds is 12. The van der Waals surface area contributed by atoms with E-state index in [2.05, 4.69) is 24.1 Å². The second-order valence-electron chi connectivity index (χ2n) is 5.78. The van der Waals surface area contributed by atoms with E-state index in [-0.39, 0.29) is 24.8 Å². The van der Waals surface area contributed by atoms with Crippen molar-refractivity contribution in [2.75, 3.05) is 26.2 Å². The highest BCUT2D eigenvalue weighted by molar-refractivity contribution is 6.35. The van der Waals surface area contributed by atoms with Gasteiger partial charge in [-0.15, -0.1) is 24.8 Å². The highest BCUT2D eigenvalue weighted by Gasteiger charge is 2.06. The number of hydrogen-bond donors (Lipinski definition) is 1. The van der Waals surface area contributed by atoms with Crippen LogP contribution in [0.15, 0.2) is 18.2 Å². The second-order valence-corrected chi connectivity index (χ2v) is 6.59. The molecule has 1 rings (SSSR count). The molecule has 0 aromatic heterocycles. The molecule has 0 aliphatic carbocycles. The van der Waals surface area contributed by atoms with Gasteiger partial charge < -0.3 is 10.2 Å². The van der Waals surface area contributed by atoms with Gasteiger partial charge in [0.1, 0.15) is 0 Å². The second kappa shape index (κ2) is 16.8. The quantitative estimate of drug-likeness (QED) is 0.406. The Balaban J connectivity index is 0. The van der Waals surface area contributed by atoms with E-state index in [1.54, 1.807) is 0 Å². The molecular weight excluding hydrogens is 386 g/mol. The summed E-state index contributed by atoms with van der Waals surface area (Å²) in [7, 11) is 0. The molecule has 1 aromatic rings. The van der Waals surface area contributed by atoms with Crippen LogP contribution in [0.4, 0.5) is 0 Å². The lowest BCUT2D eigenvalue weighted by atomic mass is 10.2. The summed E-state index contributed by atoms with van der Waals surface area (Å²) < 4.78 is 0. The van der Waals surface area contributed by atoms with Crippen molar-refractivity contribution in [3.8, 4) is 0 Å². The van der Waals surface area contributed by atoms with Gasteiger partial charge in [0.15, 0.2) is 0 Å². The average molecular weight is 418 g/mol. The molecule has 0 radical (unpaired) electrons. The molecule has 0 fully saturated rings. The number of hydrogen-bond acceptors (Lipinski definition) is 2. The van der Waals surface area contributed by atoms with Crippen LogP contribution in [0.3, 0.4) is 0 Å². The third-order valence-electron chi connectivity index (χ3n) is 3.85. The van der Waals surface area contributed by atoms with Gasteiger partial charge in [-0.3, -0.25) is 0 Å². The van der Waals surface area contributed by atoms with Crippen LogP contribution in [0.5, 0.6) is 0 Å². The molecule has 1 N–H and O–H groups in total. The molecule has 1 aromatic carbocycles. The topological polar surface area (TPSA) is 15.3 Å². The number of unbranched alkanes of at least 4 members (excludes halogenated alkanes) is 2. The molecule has 0 amide bonds. The first-order valence-corrected chi connectivity index (χ1v) is 9.30. The van der Waals surface area contributed by atoms with Gasteiger partial charge in [-0.1, -0.05) is 56.0 Å². The Morgan fingerprint density at radius 1 is 0.875 bits per heavy atom. The van der Waals surface area contributed by atoms with Crippen molar-refractivity contribution in [3.63, 3.8) is 0 Å². The fourth-order valence-corrected chi connectivity index (χ4v) is 2.97. The van der Waals surface area contributed by atoms with Crippen LogP contribution in [0.25, 0.3) is 0 Å². The van der Waals surface area contributed by atoms with Crippen molar-refractivity contribution in [3.05, 3.63) is 33.8 Å². The van der Waals surface area contributed by atoms with E-state index >= 15 is 0 Å². The Hall–Kier alpha value is 0.300. The molecule has 2 nitrogen and oxygen atoms in total. The van der Waals surface area contributed by atoms with E-state index in [0.717, 1.165) is 35.1 Å². The van der Waals surface area contributed by atoms with Gasteiger partial charge in [0.05, 0.1) is 0 Å². The SMILES string of the molecule is CCCCN(CCCC)CCCNCc1c(Cl)cccc1Cl.Cl.Cl. The fourth-order valence-electron chi connectivity index (χ4n) is 2.44. The third kappa shape index (κ3) is 11.0. The summed E-state index contributed by atoms with van der Waals surface area (Å²) in [5.41, 5.74) is 1.000. The maximum atomic E-state index is 6.17. The largest absolute Gasteiger partial charge is 0.313 e. The Labute approximate surface area is 170 Å². The highest BCUT2D eigenvalue weighted by Crippen LogP contribution is 2.23. The molecule has 0 bridgehead atoms. The Morgan fingerprint density at radius 3 is 1.88 bits per heavy atom. The molecule has 0 aliphatic rings. The van der Waals surface area contributed by atoms with Gasteiger partial charge in [0.2, 0.25) is 0 Å². The van der Waals surface area contributed by atoms with Crippen LogP contribution in [0.1, 0.15) is 51.5 Å². The molecular formula is C18H32Cl4N2. The predicted octanol–water partition coefficient (Wildman–Crippen LogP) is 6.22. The first kappa shape index (κ1) is 26.5. The molecule has 0 atom stereocenters. The van der Waals surface area contributed by atoms with Crippen molar-refractivity contribution >= 4 is 48.0 Å². The first-order valence-electron chi connectivity index (χ1n) is 8.55. The number of nitrogens with zero attached hydrogens (tertiary/aromatic N) is 1. The molecule has 0 aliphatic heterocycles. The van der Waals surface area contributed by atoms with E-state index in [4.69, 9.17) is 23.2 Å². The standard InChI is InChI=1S/C18H30Cl2N2.2ClH/c1-3-5-12-22(13-6-4-2)14-8-11-21-15-16-17(19)9-7-10-18(16)20;;/h7,9-10,21H,3-6,8,11-15H2,1-2H3;2*1H. The summed E-state index contributed by atoms with van der Waals surface area (Å²) in [6.07, 6.45) is 6.30. The lowest BCUT2D eigenvalue weighted by Crippen LogP contribution is -2.29. The molecule has 0 saturated heterocycles. The maximum Gasteiger partial charge on any atom is 0.0465 e. The fraction of sp³-hybridized carbons (Fsp3) is 0.667. The van der Waals surface area contributed by atoms with Crippen LogP contribution < -0.4 is 5.32 Å². The van der Waals surface area contributed by atoms with Crippen LogP contribution in [-0.2, 0) is 6.54 Å². The van der Waals surface area contributed by atoms with E-state index in [9.17, 15) is 0 Å². The van der Waals surface area contributed by atoms with Gasteiger partial charge in [-0.05, 0) is 57.6 Å². The van der Waals surface area contributed by atoms with Crippen molar-refractivity contribution in [1.29, 1.82) is 0 Å². The van der Waals surface area contributed by atoms with Gasteiger partial charge in [-0.25, -0.2) is 0 Å². The van der Waals surface area contributed by atoms with Crippen molar-refractivity contribution in [1.82, 2.24) is 10.2 Å². The van der Waals surface area contributed by atoms with Crippen LogP contribution in [0.2, 0.25) is 10.0 Å². The zero-order valence-corrected chi connectivity index (χ0v) is 18.0. The normalized spacial score (nSPS) is 10.4. The van der Waals surface area contributed by atoms with Crippen LogP contribution >= 0.6 is 48.0 Å². The minimum atomic E-state index is 0. The van der Waals surface area contributed by atoms with E-state index < -0.39 is 0 Å². The van der Waals surface area contributed by atoms with Crippen molar-refractivity contribution in [2.24, 2.45) is 0 Å². The molecule has 0 unspecified atom stereocenters. The molecule has 142 valence electrons. The molecule has 0 heterocycles. The van der Waals surface area contributed by atoms with E-state index in [1.165, 1.54) is 45.3 Å². The summed E-state index contributed by atoms with van der Waals surface area (Å²) in [5.74, 6) is 0. The third-order valence-corrected chi connectivity index (χ3v) is 4.56. The first-order chi connectivity index (χ1) is 10.7. The molecule has 0 spiro atoms. The number of benzene rings is 1. The smallest absolute Gasteiger partial charge is 0.0465 e. The lowest BCUT2D eigenvalue weighted by molar-refractivity contribution is 0.261. The molecule has 6 heteroatoms. The summed E-state index contributed by atoms with van der Waals surface area (Å²) in [5, 5.41) is 4.94. The molecule has 0 saturated carbocycles.